The van der Waals surface area contributed by atoms with Gasteiger partial charge in [0, 0.05) is 24.1 Å². The maximum atomic E-state index is 14.8. The molecular formula is C23H25FN4O2. The number of hydrogen-bond donors (Lipinski definition) is 3. The van der Waals surface area contributed by atoms with Crippen molar-refractivity contribution < 1.29 is 14.2 Å². The van der Waals surface area contributed by atoms with Crippen LogP contribution in [0, 0.1) is 12.7 Å². The molecule has 1 aromatic heterocycles. The summed E-state index contributed by atoms with van der Waals surface area (Å²) >= 11 is 0. The number of aryl methyl sites for hydroxylation is 1. The quantitative estimate of drug-likeness (QED) is 0.517. The lowest BCUT2D eigenvalue weighted by Gasteiger charge is -2.14. The molecule has 0 spiro atoms. The van der Waals surface area contributed by atoms with Crippen molar-refractivity contribution >= 4 is 11.6 Å². The van der Waals surface area contributed by atoms with Crippen LogP contribution in [0.4, 0.5) is 16.0 Å². The van der Waals surface area contributed by atoms with Gasteiger partial charge < -0.3 is 15.2 Å². The molecular weight excluding hydrogens is 383 g/mol. The van der Waals surface area contributed by atoms with E-state index in [4.69, 9.17) is 4.74 Å². The Kier molecular flexibility index (Phi) is 6.32. The van der Waals surface area contributed by atoms with E-state index in [-0.39, 0.29) is 0 Å². The first kappa shape index (κ1) is 20.4. The summed E-state index contributed by atoms with van der Waals surface area (Å²) in [6, 6.07) is 12.3. The van der Waals surface area contributed by atoms with E-state index < -0.39 is 12.0 Å². The highest BCUT2D eigenvalue weighted by Crippen LogP contribution is 2.26. The Hall–Kier alpha value is -2.87. The zero-order chi connectivity index (χ0) is 20.9. The van der Waals surface area contributed by atoms with E-state index in [1.165, 1.54) is 6.07 Å². The summed E-state index contributed by atoms with van der Waals surface area (Å²) in [5, 5.41) is 16.5. The van der Waals surface area contributed by atoms with Crippen molar-refractivity contribution in [1.29, 1.82) is 0 Å². The molecule has 2 aromatic carbocycles. The second-order valence-corrected chi connectivity index (χ2v) is 7.39. The van der Waals surface area contributed by atoms with Crippen molar-refractivity contribution in [2.75, 3.05) is 18.5 Å². The van der Waals surface area contributed by atoms with E-state index in [0.29, 0.717) is 42.5 Å². The number of nitrogens with one attached hydrogen (secondary N) is 2. The molecule has 0 amide bonds. The fourth-order valence-corrected chi connectivity index (χ4v) is 3.38. The second kappa shape index (κ2) is 9.30. The Morgan fingerprint density at radius 3 is 2.90 bits per heavy atom. The molecule has 6 bridgehead atoms. The Balaban J connectivity index is 1.68. The van der Waals surface area contributed by atoms with Gasteiger partial charge in [0.05, 0.1) is 12.3 Å². The largest absolute Gasteiger partial charge is 0.377 e. The summed E-state index contributed by atoms with van der Waals surface area (Å²) in [5.74, 6) is -0.0618. The lowest BCUT2D eigenvalue weighted by Crippen LogP contribution is -2.22. The van der Waals surface area contributed by atoms with Gasteiger partial charge in [-0.3, -0.25) is 5.32 Å². The molecule has 2 aliphatic rings. The molecule has 0 aliphatic carbocycles. The van der Waals surface area contributed by atoms with Crippen molar-refractivity contribution in [3.63, 3.8) is 0 Å². The summed E-state index contributed by atoms with van der Waals surface area (Å²) in [6.45, 7) is 3.81. The summed E-state index contributed by atoms with van der Waals surface area (Å²) in [7, 11) is 0. The van der Waals surface area contributed by atoms with E-state index >= 15 is 0 Å². The topological polar surface area (TPSA) is 79.3 Å². The number of ether oxygens (including phenoxy) is 1. The van der Waals surface area contributed by atoms with Crippen LogP contribution in [0.2, 0.25) is 0 Å². The van der Waals surface area contributed by atoms with Crippen LogP contribution in [0.3, 0.4) is 0 Å². The van der Waals surface area contributed by atoms with E-state index in [2.05, 4.69) is 20.6 Å². The average molecular weight is 408 g/mol. The molecule has 7 heteroatoms. The van der Waals surface area contributed by atoms with E-state index in [9.17, 15) is 9.50 Å². The van der Waals surface area contributed by atoms with Gasteiger partial charge >= 0.3 is 0 Å². The van der Waals surface area contributed by atoms with Gasteiger partial charge in [0.1, 0.15) is 12.0 Å². The minimum atomic E-state index is -0.927. The lowest BCUT2D eigenvalue weighted by molar-refractivity contribution is 0.111. The van der Waals surface area contributed by atoms with Crippen LogP contribution in [0.25, 0.3) is 11.3 Å². The Morgan fingerprint density at radius 1 is 1.13 bits per heavy atom. The minimum Gasteiger partial charge on any atom is -0.377 e. The maximum absolute atomic E-state index is 14.8. The fraction of sp³-hybridized carbons (Fsp3) is 0.304. The van der Waals surface area contributed by atoms with Gasteiger partial charge in [-0.2, -0.15) is 0 Å². The number of nitrogens with zero attached hydrogens (tertiary/aromatic N) is 2. The summed E-state index contributed by atoms with van der Waals surface area (Å²) in [6.07, 6.45) is 2.38. The van der Waals surface area contributed by atoms with Crippen LogP contribution in [-0.2, 0) is 11.3 Å². The first-order chi connectivity index (χ1) is 14.6. The highest BCUT2D eigenvalue weighted by molar-refractivity contribution is 5.63. The third kappa shape index (κ3) is 4.81. The number of hydrogen-bond acceptors (Lipinski definition) is 6. The Labute approximate surface area is 175 Å². The molecule has 30 heavy (non-hydrogen) atoms. The lowest BCUT2D eigenvalue weighted by atomic mass is 10.1. The normalized spacial score (nSPS) is 17.5. The van der Waals surface area contributed by atoms with E-state index in [0.717, 1.165) is 29.7 Å². The number of anilines is 2. The molecule has 0 fully saturated rings. The van der Waals surface area contributed by atoms with Crippen LogP contribution in [0.1, 0.15) is 35.8 Å². The van der Waals surface area contributed by atoms with Crippen LogP contribution in [0.15, 0.2) is 48.7 Å². The molecule has 0 radical (unpaired) electrons. The number of aromatic nitrogens is 2. The molecule has 0 saturated heterocycles. The predicted molar refractivity (Wildman–Crippen MR) is 114 cm³/mol. The maximum Gasteiger partial charge on any atom is 0.227 e. The van der Waals surface area contributed by atoms with Gasteiger partial charge in [0.15, 0.2) is 0 Å². The number of aliphatic hydroxyl groups excluding tert-OH is 1. The summed E-state index contributed by atoms with van der Waals surface area (Å²) in [4.78, 5) is 8.72. The number of aliphatic hydroxyl groups is 1. The molecule has 5 rings (SSSR count). The van der Waals surface area contributed by atoms with Crippen LogP contribution < -0.4 is 10.6 Å². The number of benzene rings is 2. The third-order valence-corrected chi connectivity index (χ3v) is 5.16. The first-order valence-corrected chi connectivity index (χ1v) is 10.1. The van der Waals surface area contributed by atoms with E-state index in [1.54, 1.807) is 24.4 Å². The van der Waals surface area contributed by atoms with Gasteiger partial charge in [-0.25, -0.2) is 14.4 Å². The van der Waals surface area contributed by atoms with Crippen LogP contribution in [-0.4, -0.2) is 28.2 Å². The molecule has 3 N–H and O–H groups in total. The first-order valence-electron chi connectivity index (χ1n) is 10.1. The van der Waals surface area contributed by atoms with Crippen molar-refractivity contribution in [3.05, 3.63) is 71.2 Å². The summed E-state index contributed by atoms with van der Waals surface area (Å²) in [5.41, 5.74) is 4.37. The Bertz CT molecular complexity index is 1030. The number of rotatable bonds is 0. The molecule has 1 atom stereocenters. The second-order valence-electron chi connectivity index (χ2n) is 7.39. The van der Waals surface area contributed by atoms with Crippen molar-refractivity contribution in [3.8, 4) is 11.3 Å². The van der Waals surface area contributed by atoms with Gasteiger partial charge in [-0.15, -0.1) is 0 Å². The van der Waals surface area contributed by atoms with Crippen molar-refractivity contribution in [1.82, 2.24) is 15.3 Å². The highest BCUT2D eigenvalue weighted by atomic mass is 19.1. The van der Waals surface area contributed by atoms with E-state index in [1.807, 2.05) is 25.1 Å². The smallest absolute Gasteiger partial charge is 0.227 e. The fourth-order valence-electron chi connectivity index (χ4n) is 3.38. The predicted octanol–water partition coefficient (Wildman–Crippen LogP) is 4.23. The zero-order valence-electron chi connectivity index (χ0n) is 16.9. The highest BCUT2D eigenvalue weighted by Gasteiger charge is 2.13. The Morgan fingerprint density at radius 2 is 2.03 bits per heavy atom. The summed E-state index contributed by atoms with van der Waals surface area (Å²) < 4.78 is 20.6. The molecule has 3 aromatic rings. The zero-order valence-corrected chi connectivity index (χ0v) is 16.9. The minimum absolute atomic E-state index is 0.354. The number of fused-ring (bicyclic) bond motifs is 9. The average Bonchev–Trinajstić information content (AvgIpc) is 2.74. The third-order valence-electron chi connectivity index (χ3n) is 5.16. The monoisotopic (exact) mass is 408 g/mol. The molecule has 6 nitrogen and oxygen atoms in total. The number of halogens is 1. The molecule has 0 saturated carbocycles. The molecule has 1 unspecified atom stereocenters. The van der Waals surface area contributed by atoms with Gasteiger partial charge in [-0.05, 0) is 73.3 Å². The van der Waals surface area contributed by atoms with Gasteiger partial charge in [-0.1, -0.05) is 12.1 Å². The SMILES string of the molecule is Cc1ccc2cc1COCCCCNC(O)c1ccc(c(F)c1)-c1ccnc(n1)N2. The molecule has 2 aliphatic heterocycles. The van der Waals surface area contributed by atoms with Gasteiger partial charge in [0.2, 0.25) is 5.95 Å². The van der Waals surface area contributed by atoms with Crippen molar-refractivity contribution in [2.45, 2.75) is 32.6 Å². The van der Waals surface area contributed by atoms with Crippen LogP contribution in [0.5, 0.6) is 0 Å². The van der Waals surface area contributed by atoms with Gasteiger partial charge in [0.25, 0.3) is 0 Å². The van der Waals surface area contributed by atoms with Crippen molar-refractivity contribution in [2.24, 2.45) is 0 Å². The standard InChI is InChI=1S/C23H25FN4O2/c1-15-4-6-18-12-17(15)14-30-11-3-2-9-25-22(29)16-5-7-19(20(24)13-16)21-8-10-26-23(27-18)28-21/h4-8,10,12-13,22,25,29H,2-3,9,11,14H2,1H3,(H,26,27,28). The molecule has 156 valence electrons. The molecule has 3 heterocycles. The van der Waals surface area contributed by atoms with Crippen LogP contribution >= 0.6 is 0 Å².